The molecule has 8 heteroatoms. The zero-order valence-electron chi connectivity index (χ0n) is 19.2. The quantitative estimate of drug-likeness (QED) is 0.327. The maximum Gasteiger partial charge on any atom is 0.328 e. The van der Waals surface area contributed by atoms with Gasteiger partial charge in [0.1, 0.15) is 11.7 Å². The van der Waals surface area contributed by atoms with Crippen LogP contribution in [0.15, 0.2) is 66.9 Å². The van der Waals surface area contributed by atoms with E-state index in [-0.39, 0.29) is 30.6 Å². The Morgan fingerprint density at radius 2 is 1.79 bits per heavy atom. The number of aromatic nitrogens is 2. The number of pyridine rings is 1. The van der Waals surface area contributed by atoms with Gasteiger partial charge in [-0.2, -0.15) is 11.8 Å². The second kappa shape index (κ2) is 11.9. The van der Waals surface area contributed by atoms with E-state index in [1.54, 1.807) is 24.9 Å². The summed E-state index contributed by atoms with van der Waals surface area (Å²) in [7, 11) is 0. The molecule has 1 amide bonds. The maximum atomic E-state index is 13.0. The van der Waals surface area contributed by atoms with Crippen molar-refractivity contribution in [2.75, 3.05) is 18.6 Å². The lowest BCUT2D eigenvalue weighted by Crippen LogP contribution is -2.42. The van der Waals surface area contributed by atoms with Crippen molar-refractivity contribution < 1.29 is 14.3 Å². The number of esters is 1. The molecular weight excluding hydrogens is 470 g/mol. The fourth-order valence-electron chi connectivity index (χ4n) is 3.97. The van der Waals surface area contributed by atoms with Gasteiger partial charge in [0.25, 0.3) is 5.91 Å². The summed E-state index contributed by atoms with van der Waals surface area (Å²) in [5, 5.41) is 4.83. The molecule has 4 rings (SSSR count). The van der Waals surface area contributed by atoms with Crippen LogP contribution in [0.5, 0.6) is 0 Å². The van der Waals surface area contributed by atoms with Gasteiger partial charge in [-0.25, -0.2) is 9.78 Å². The average molecular weight is 498 g/mol. The molecule has 6 nitrogen and oxygen atoms in total. The predicted molar refractivity (Wildman–Crippen MR) is 141 cm³/mol. The van der Waals surface area contributed by atoms with Crippen LogP contribution in [0.25, 0.3) is 21.8 Å². The van der Waals surface area contributed by atoms with Crippen molar-refractivity contribution in [2.24, 2.45) is 0 Å². The Bertz CT molecular complexity index is 1280. The number of hydrogen-bond acceptors (Lipinski definition) is 5. The zero-order valence-corrected chi connectivity index (χ0v) is 20.8. The molecule has 0 saturated carbocycles. The summed E-state index contributed by atoms with van der Waals surface area (Å²) in [6, 6.07) is 19.5. The van der Waals surface area contributed by atoms with E-state index in [0.717, 1.165) is 27.6 Å². The highest BCUT2D eigenvalue weighted by Gasteiger charge is 2.23. The number of fused-ring (bicyclic) bond motifs is 3. The SMILES string of the molecule is CCOC(=O)[C@H](CCSC)NC(=O)c1cc2c3ccccc3n(Cc3ccccc3)c2cn1.Cl. The highest BCUT2D eigenvalue weighted by atomic mass is 35.5. The zero-order chi connectivity index (χ0) is 23.2. The Morgan fingerprint density at radius 3 is 2.53 bits per heavy atom. The first kappa shape index (κ1) is 25.6. The summed E-state index contributed by atoms with van der Waals surface area (Å²) in [4.78, 5) is 29.8. The van der Waals surface area contributed by atoms with Crippen LogP contribution in [-0.4, -0.2) is 46.1 Å². The van der Waals surface area contributed by atoms with Gasteiger partial charge >= 0.3 is 5.97 Å². The van der Waals surface area contributed by atoms with Crippen LogP contribution in [0, 0.1) is 0 Å². The fraction of sp³-hybridized carbons (Fsp3) is 0.269. The van der Waals surface area contributed by atoms with Crippen LogP contribution >= 0.6 is 24.2 Å². The molecule has 0 spiro atoms. The molecule has 0 saturated heterocycles. The average Bonchev–Trinajstić information content (AvgIpc) is 3.15. The summed E-state index contributed by atoms with van der Waals surface area (Å²) in [5.74, 6) is -0.0557. The van der Waals surface area contributed by atoms with Crippen LogP contribution in [0.3, 0.4) is 0 Å². The molecule has 178 valence electrons. The number of ether oxygens (including phenoxy) is 1. The number of rotatable bonds is 9. The van der Waals surface area contributed by atoms with Gasteiger partial charge in [0.15, 0.2) is 0 Å². The number of nitrogens with one attached hydrogen (secondary N) is 1. The molecule has 1 N–H and O–H groups in total. The normalized spacial score (nSPS) is 11.7. The molecule has 2 aromatic heterocycles. The highest BCUT2D eigenvalue weighted by molar-refractivity contribution is 7.98. The number of benzene rings is 2. The number of halogens is 1. The van der Waals surface area contributed by atoms with E-state index >= 15 is 0 Å². The lowest BCUT2D eigenvalue weighted by molar-refractivity contribution is -0.145. The molecule has 0 fully saturated rings. The number of carbonyl (C=O) groups is 2. The second-order valence-corrected chi connectivity index (χ2v) is 8.72. The lowest BCUT2D eigenvalue weighted by Gasteiger charge is -2.16. The number of nitrogens with zero attached hydrogens (tertiary/aromatic N) is 2. The lowest BCUT2D eigenvalue weighted by atomic mass is 10.1. The van der Waals surface area contributed by atoms with Gasteiger partial charge in [0, 0.05) is 22.8 Å². The van der Waals surface area contributed by atoms with Gasteiger partial charge in [-0.15, -0.1) is 12.4 Å². The van der Waals surface area contributed by atoms with Crippen molar-refractivity contribution in [3.63, 3.8) is 0 Å². The third-order valence-electron chi connectivity index (χ3n) is 5.56. The number of hydrogen-bond donors (Lipinski definition) is 1. The molecule has 2 aromatic carbocycles. The second-order valence-electron chi connectivity index (χ2n) is 7.74. The van der Waals surface area contributed by atoms with E-state index in [1.165, 1.54) is 5.56 Å². The molecule has 34 heavy (non-hydrogen) atoms. The molecule has 1 atom stereocenters. The molecule has 0 unspecified atom stereocenters. The Morgan fingerprint density at radius 1 is 1.06 bits per heavy atom. The van der Waals surface area contributed by atoms with Crippen LogP contribution in [0.1, 0.15) is 29.4 Å². The minimum atomic E-state index is -0.693. The van der Waals surface area contributed by atoms with Crippen LogP contribution in [0.2, 0.25) is 0 Å². The standard InChI is InChI=1S/C26H27N3O3S.ClH/c1-3-32-26(31)21(13-14-33-2)28-25(30)22-15-20-19-11-7-8-12-23(19)29(24(20)16-27-22)17-18-9-5-4-6-10-18;/h4-12,15-16,21H,3,13-14,17H2,1-2H3,(H,28,30);1H/t21-;/m0./s1. The minimum Gasteiger partial charge on any atom is -0.464 e. The number of carbonyl (C=O) groups excluding carboxylic acids is 2. The molecule has 0 aliphatic carbocycles. The maximum absolute atomic E-state index is 13.0. The van der Waals surface area contributed by atoms with Gasteiger partial charge in [-0.05, 0) is 43.0 Å². The largest absolute Gasteiger partial charge is 0.464 e. The Kier molecular flexibility index (Phi) is 8.96. The molecular formula is C26H28ClN3O3S. The van der Waals surface area contributed by atoms with E-state index in [2.05, 4.69) is 39.1 Å². The van der Waals surface area contributed by atoms with E-state index in [0.29, 0.717) is 13.0 Å². The van der Waals surface area contributed by atoms with Crippen molar-refractivity contribution in [3.8, 4) is 0 Å². The first-order valence-corrected chi connectivity index (χ1v) is 12.4. The van der Waals surface area contributed by atoms with Crippen molar-refractivity contribution in [3.05, 3.63) is 78.1 Å². The minimum absolute atomic E-state index is 0. The van der Waals surface area contributed by atoms with Gasteiger partial charge in [0.05, 0.1) is 18.3 Å². The molecule has 4 aromatic rings. The molecule has 2 heterocycles. The van der Waals surface area contributed by atoms with Crippen LogP contribution in [-0.2, 0) is 16.1 Å². The molecule has 0 bridgehead atoms. The number of amides is 1. The number of thioether (sulfide) groups is 1. The monoisotopic (exact) mass is 497 g/mol. The smallest absolute Gasteiger partial charge is 0.328 e. The van der Waals surface area contributed by atoms with Crippen molar-refractivity contribution in [2.45, 2.75) is 25.9 Å². The van der Waals surface area contributed by atoms with Gasteiger partial charge in [-0.1, -0.05) is 48.5 Å². The van der Waals surface area contributed by atoms with Crippen LogP contribution < -0.4 is 5.32 Å². The molecule has 0 radical (unpaired) electrons. The number of para-hydroxylation sites is 1. The summed E-state index contributed by atoms with van der Waals surface area (Å²) in [5.41, 5.74) is 3.51. The summed E-state index contributed by atoms with van der Waals surface area (Å²) in [6.07, 6.45) is 4.21. The van der Waals surface area contributed by atoms with Gasteiger partial charge < -0.3 is 14.6 Å². The van der Waals surface area contributed by atoms with Crippen LogP contribution in [0.4, 0.5) is 0 Å². The topological polar surface area (TPSA) is 73.2 Å². The van der Waals surface area contributed by atoms with E-state index in [9.17, 15) is 9.59 Å². The van der Waals surface area contributed by atoms with E-state index < -0.39 is 12.0 Å². The Labute approximate surface area is 209 Å². The van der Waals surface area contributed by atoms with Gasteiger partial charge in [0.2, 0.25) is 0 Å². The van der Waals surface area contributed by atoms with E-state index in [4.69, 9.17) is 4.74 Å². The Balaban J connectivity index is 0.00000324. The predicted octanol–water partition coefficient (Wildman–Crippen LogP) is 5.07. The van der Waals surface area contributed by atoms with Crippen molar-refractivity contribution in [1.29, 1.82) is 0 Å². The molecule has 0 aliphatic rings. The summed E-state index contributed by atoms with van der Waals surface area (Å²) < 4.78 is 7.36. The first-order chi connectivity index (χ1) is 16.1. The molecule has 0 aliphatic heterocycles. The fourth-order valence-corrected chi connectivity index (χ4v) is 4.44. The van der Waals surface area contributed by atoms with E-state index in [1.807, 2.05) is 42.7 Å². The summed E-state index contributed by atoms with van der Waals surface area (Å²) >= 11 is 1.62. The highest BCUT2D eigenvalue weighted by Crippen LogP contribution is 2.29. The van der Waals surface area contributed by atoms with Gasteiger partial charge in [-0.3, -0.25) is 4.79 Å². The Hall–Kier alpha value is -3.03. The first-order valence-electron chi connectivity index (χ1n) is 11.0. The van der Waals surface area contributed by atoms with Crippen molar-refractivity contribution >= 4 is 57.9 Å². The van der Waals surface area contributed by atoms with Crippen molar-refractivity contribution in [1.82, 2.24) is 14.9 Å². The third kappa shape index (κ3) is 5.54. The third-order valence-corrected chi connectivity index (χ3v) is 6.21. The summed E-state index contributed by atoms with van der Waals surface area (Å²) in [6.45, 7) is 2.74.